The van der Waals surface area contributed by atoms with Crippen molar-refractivity contribution in [3.05, 3.63) is 78.9 Å². The fourth-order valence-electron chi connectivity index (χ4n) is 4.06. The van der Waals surface area contributed by atoms with Crippen LogP contribution in [0.3, 0.4) is 0 Å². The SMILES string of the molecule is CCOC(=O)C(C)(C)Oc1ccc(Cc2nc3[nH]nc(C(C)C)c3c(=O)n2-c2c(Cl)cc(Cl)cc2Cl)cc1. The Hall–Kier alpha value is -3.07. The van der Waals surface area contributed by atoms with Crippen molar-refractivity contribution in [1.29, 1.82) is 0 Å². The van der Waals surface area contributed by atoms with Crippen LogP contribution in [0.1, 0.15) is 57.6 Å². The van der Waals surface area contributed by atoms with Crippen LogP contribution in [-0.4, -0.2) is 37.9 Å². The molecule has 0 amide bonds. The maximum absolute atomic E-state index is 13.9. The molecule has 0 aliphatic heterocycles. The number of hydrogen-bond donors (Lipinski definition) is 1. The van der Waals surface area contributed by atoms with Gasteiger partial charge in [-0.25, -0.2) is 9.78 Å². The van der Waals surface area contributed by atoms with Gasteiger partial charge in [-0.3, -0.25) is 14.5 Å². The number of ether oxygens (including phenoxy) is 2. The number of aromatic amines is 1. The maximum Gasteiger partial charge on any atom is 0.349 e. The second kappa shape index (κ2) is 11.0. The Morgan fingerprint density at radius 2 is 1.74 bits per heavy atom. The summed E-state index contributed by atoms with van der Waals surface area (Å²) in [5.41, 5.74) is 0.605. The first-order valence-electron chi connectivity index (χ1n) is 12.0. The number of benzene rings is 2. The van der Waals surface area contributed by atoms with Gasteiger partial charge in [0, 0.05) is 11.4 Å². The number of nitrogens with zero attached hydrogens (tertiary/aromatic N) is 3. The van der Waals surface area contributed by atoms with E-state index in [1.807, 2.05) is 26.0 Å². The summed E-state index contributed by atoms with van der Waals surface area (Å²) in [5, 5.41) is 8.36. The molecule has 11 heteroatoms. The van der Waals surface area contributed by atoms with Gasteiger partial charge in [0.15, 0.2) is 11.2 Å². The first kappa shape index (κ1) is 28.0. The Kier molecular flexibility index (Phi) is 8.06. The van der Waals surface area contributed by atoms with E-state index in [2.05, 4.69) is 10.2 Å². The molecule has 8 nitrogen and oxygen atoms in total. The molecule has 4 rings (SSSR count). The minimum Gasteiger partial charge on any atom is -0.476 e. The molecule has 200 valence electrons. The van der Waals surface area contributed by atoms with Crippen molar-refractivity contribution in [2.24, 2.45) is 0 Å². The lowest BCUT2D eigenvalue weighted by molar-refractivity contribution is -0.158. The van der Waals surface area contributed by atoms with Gasteiger partial charge in [0.1, 0.15) is 17.0 Å². The Bertz CT molecular complexity index is 1540. The Morgan fingerprint density at radius 3 is 2.32 bits per heavy atom. The van der Waals surface area contributed by atoms with Gasteiger partial charge < -0.3 is 9.47 Å². The average Bonchev–Trinajstić information content (AvgIpc) is 3.26. The van der Waals surface area contributed by atoms with Crippen molar-refractivity contribution >= 4 is 51.8 Å². The zero-order valence-electron chi connectivity index (χ0n) is 21.6. The quantitative estimate of drug-likeness (QED) is 0.240. The molecular weight excluding hydrogens is 551 g/mol. The van der Waals surface area contributed by atoms with Crippen LogP contribution in [0.2, 0.25) is 15.1 Å². The van der Waals surface area contributed by atoms with Crippen molar-refractivity contribution in [2.45, 2.75) is 52.6 Å². The molecule has 0 spiro atoms. The molecular formula is C27H27Cl3N4O4. The third-order valence-corrected chi connectivity index (χ3v) is 6.66. The third-order valence-electron chi connectivity index (χ3n) is 5.87. The largest absolute Gasteiger partial charge is 0.476 e. The van der Waals surface area contributed by atoms with Crippen molar-refractivity contribution in [1.82, 2.24) is 19.7 Å². The fourth-order valence-corrected chi connectivity index (χ4v) is 5.05. The van der Waals surface area contributed by atoms with Crippen molar-refractivity contribution in [3.8, 4) is 11.4 Å². The average molecular weight is 578 g/mol. The van der Waals surface area contributed by atoms with Crippen LogP contribution in [0.4, 0.5) is 0 Å². The summed E-state index contributed by atoms with van der Waals surface area (Å²) < 4.78 is 12.4. The minimum atomic E-state index is -1.15. The molecule has 1 N–H and O–H groups in total. The van der Waals surface area contributed by atoms with Crippen LogP contribution in [0.25, 0.3) is 16.7 Å². The second-order valence-electron chi connectivity index (χ2n) is 9.53. The summed E-state index contributed by atoms with van der Waals surface area (Å²) in [5.74, 6) is 0.419. The topological polar surface area (TPSA) is 99.1 Å². The van der Waals surface area contributed by atoms with Crippen LogP contribution in [0, 0.1) is 0 Å². The monoisotopic (exact) mass is 576 g/mol. The molecule has 0 fully saturated rings. The highest BCUT2D eigenvalue weighted by Gasteiger charge is 2.31. The number of rotatable bonds is 8. The van der Waals surface area contributed by atoms with Crippen molar-refractivity contribution in [2.75, 3.05) is 6.61 Å². The zero-order valence-corrected chi connectivity index (χ0v) is 23.8. The smallest absolute Gasteiger partial charge is 0.349 e. The maximum atomic E-state index is 13.9. The van der Waals surface area contributed by atoms with E-state index >= 15 is 0 Å². The lowest BCUT2D eigenvalue weighted by Crippen LogP contribution is -2.39. The van der Waals surface area contributed by atoms with Gasteiger partial charge in [0.25, 0.3) is 5.56 Å². The van der Waals surface area contributed by atoms with E-state index in [-0.39, 0.29) is 34.6 Å². The second-order valence-corrected chi connectivity index (χ2v) is 10.8. The van der Waals surface area contributed by atoms with Crippen LogP contribution in [0.15, 0.2) is 41.2 Å². The summed E-state index contributed by atoms with van der Waals surface area (Å²) in [7, 11) is 0. The molecule has 0 saturated heterocycles. The number of halogens is 3. The van der Waals surface area contributed by atoms with E-state index in [1.54, 1.807) is 32.9 Å². The zero-order chi connectivity index (χ0) is 27.8. The molecule has 0 bridgehead atoms. The number of esters is 1. The first-order valence-corrected chi connectivity index (χ1v) is 13.2. The van der Waals surface area contributed by atoms with Gasteiger partial charge in [-0.2, -0.15) is 5.10 Å². The molecule has 2 heterocycles. The summed E-state index contributed by atoms with van der Waals surface area (Å²) in [6, 6.07) is 10.2. The van der Waals surface area contributed by atoms with Gasteiger partial charge in [-0.15, -0.1) is 0 Å². The van der Waals surface area contributed by atoms with E-state index in [0.717, 1.165) is 5.56 Å². The number of nitrogens with one attached hydrogen (secondary N) is 1. The van der Waals surface area contributed by atoms with Gasteiger partial charge in [-0.1, -0.05) is 60.8 Å². The van der Waals surface area contributed by atoms with Crippen molar-refractivity contribution in [3.63, 3.8) is 0 Å². The van der Waals surface area contributed by atoms with Crippen LogP contribution in [-0.2, 0) is 16.0 Å². The summed E-state index contributed by atoms with van der Waals surface area (Å²) in [6.45, 7) is 9.19. The highest BCUT2D eigenvalue weighted by molar-refractivity contribution is 6.40. The summed E-state index contributed by atoms with van der Waals surface area (Å²) in [4.78, 5) is 30.8. The Morgan fingerprint density at radius 1 is 1.11 bits per heavy atom. The number of aromatic nitrogens is 4. The number of carbonyl (C=O) groups is 1. The number of fused-ring (bicyclic) bond motifs is 1. The summed E-state index contributed by atoms with van der Waals surface area (Å²) in [6.07, 6.45) is 0.262. The number of H-pyrrole nitrogens is 1. The lowest BCUT2D eigenvalue weighted by atomic mass is 10.1. The van der Waals surface area contributed by atoms with Crippen LogP contribution in [0.5, 0.6) is 5.75 Å². The van der Waals surface area contributed by atoms with E-state index in [9.17, 15) is 9.59 Å². The Labute approximate surface area is 234 Å². The predicted molar refractivity (Wildman–Crippen MR) is 149 cm³/mol. The minimum absolute atomic E-state index is 0.0138. The molecule has 4 aromatic rings. The molecule has 38 heavy (non-hydrogen) atoms. The molecule has 0 saturated carbocycles. The molecule has 0 unspecified atom stereocenters. The summed E-state index contributed by atoms with van der Waals surface area (Å²) >= 11 is 19.2. The molecule has 2 aromatic carbocycles. The van der Waals surface area contributed by atoms with E-state index in [0.29, 0.717) is 39.0 Å². The Balaban J connectivity index is 1.79. The van der Waals surface area contributed by atoms with E-state index in [4.69, 9.17) is 49.3 Å². The van der Waals surface area contributed by atoms with Crippen molar-refractivity contribution < 1.29 is 14.3 Å². The first-order chi connectivity index (χ1) is 17.9. The normalized spacial score (nSPS) is 11.8. The molecule has 2 aromatic heterocycles. The van der Waals surface area contributed by atoms with Gasteiger partial charge in [0.2, 0.25) is 0 Å². The number of carbonyl (C=O) groups excluding carboxylic acids is 1. The highest BCUT2D eigenvalue weighted by Crippen LogP contribution is 2.33. The fraction of sp³-hybridized carbons (Fsp3) is 0.333. The predicted octanol–water partition coefficient (Wildman–Crippen LogP) is 6.50. The third kappa shape index (κ3) is 5.53. The molecule has 0 atom stereocenters. The van der Waals surface area contributed by atoms with Gasteiger partial charge in [0.05, 0.1) is 28.0 Å². The lowest BCUT2D eigenvalue weighted by Gasteiger charge is -2.24. The molecule has 0 aliphatic carbocycles. The van der Waals surface area contributed by atoms with Gasteiger partial charge in [-0.05, 0) is 56.5 Å². The number of hydrogen-bond acceptors (Lipinski definition) is 6. The standard InChI is InChI=1S/C27H27Cl3N4O4/c1-6-37-26(36)27(4,5)38-17-9-7-15(8-10-17)11-20-31-24-21(22(14(2)3)32-33-24)25(35)34(20)23-18(29)12-16(28)13-19(23)30/h7-10,12-14H,6,11H2,1-5H3,(H,32,33). The highest BCUT2D eigenvalue weighted by atomic mass is 35.5. The van der Waals surface area contributed by atoms with E-state index in [1.165, 1.54) is 16.7 Å². The molecule has 0 radical (unpaired) electrons. The van der Waals surface area contributed by atoms with Crippen LogP contribution < -0.4 is 10.3 Å². The van der Waals surface area contributed by atoms with Gasteiger partial charge >= 0.3 is 5.97 Å². The van der Waals surface area contributed by atoms with E-state index < -0.39 is 11.6 Å². The van der Waals surface area contributed by atoms with Crippen LogP contribution >= 0.6 is 34.8 Å². The molecule has 0 aliphatic rings.